The number of hydrogen-bond acceptors (Lipinski definition) is 2. The maximum atomic E-state index is 3.46. The quantitative estimate of drug-likeness (QED) is 0.680. The van der Waals surface area contributed by atoms with E-state index in [1.165, 1.54) is 30.5 Å². The Morgan fingerprint density at radius 3 is 2.32 bits per heavy atom. The third-order valence-corrected chi connectivity index (χ3v) is 3.51. The number of unbranched alkanes of at least 4 members (excludes halogenated alkanes) is 2. The number of nitrogens with one attached hydrogen (secondary N) is 1. The van der Waals surface area contributed by atoms with Gasteiger partial charge in [0.2, 0.25) is 0 Å². The van der Waals surface area contributed by atoms with E-state index in [-0.39, 0.29) is 0 Å². The molecule has 0 heterocycles. The summed E-state index contributed by atoms with van der Waals surface area (Å²) < 4.78 is 0. The molecule has 108 valence electrons. The van der Waals surface area contributed by atoms with Crippen LogP contribution in [0, 0.1) is 0 Å². The van der Waals surface area contributed by atoms with Crippen molar-refractivity contribution in [3.63, 3.8) is 0 Å². The van der Waals surface area contributed by atoms with Crippen LogP contribution in [0.4, 0.5) is 5.69 Å². The lowest BCUT2D eigenvalue weighted by Crippen LogP contribution is -2.24. The monoisotopic (exact) mass is 262 g/mol. The van der Waals surface area contributed by atoms with Crippen LogP contribution in [0.15, 0.2) is 24.3 Å². The van der Waals surface area contributed by atoms with Gasteiger partial charge < -0.3 is 10.2 Å². The van der Waals surface area contributed by atoms with E-state index >= 15 is 0 Å². The molecule has 0 aliphatic carbocycles. The molecule has 1 aromatic carbocycles. The van der Waals surface area contributed by atoms with E-state index in [1.807, 2.05) is 0 Å². The SMILES string of the molecule is CCc1ccc(N(C)CCCCCNC(C)C)cc1. The molecule has 0 aliphatic rings. The molecule has 0 saturated heterocycles. The molecule has 0 unspecified atom stereocenters. The summed E-state index contributed by atoms with van der Waals surface area (Å²) in [6.45, 7) is 8.89. The summed E-state index contributed by atoms with van der Waals surface area (Å²) in [6.07, 6.45) is 4.97. The van der Waals surface area contributed by atoms with Gasteiger partial charge in [-0.1, -0.05) is 39.3 Å². The molecule has 0 fully saturated rings. The highest BCUT2D eigenvalue weighted by atomic mass is 15.1. The van der Waals surface area contributed by atoms with Gasteiger partial charge in [-0.3, -0.25) is 0 Å². The summed E-state index contributed by atoms with van der Waals surface area (Å²) in [7, 11) is 2.19. The van der Waals surface area contributed by atoms with Gasteiger partial charge in [0.05, 0.1) is 0 Å². The standard InChI is InChI=1S/C17H30N2/c1-5-16-9-11-17(12-10-16)19(4)14-8-6-7-13-18-15(2)3/h9-12,15,18H,5-8,13-14H2,1-4H3. The number of benzene rings is 1. The topological polar surface area (TPSA) is 15.3 Å². The average Bonchev–Trinajstić information content (AvgIpc) is 2.42. The lowest BCUT2D eigenvalue weighted by atomic mass is 10.1. The van der Waals surface area contributed by atoms with E-state index in [0.29, 0.717) is 6.04 Å². The highest BCUT2D eigenvalue weighted by Gasteiger charge is 2.00. The zero-order valence-corrected chi connectivity index (χ0v) is 13.1. The molecule has 1 aromatic rings. The van der Waals surface area contributed by atoms with E-state index in [1.54, 1.807) is 0 Å². The summed E-state index contributed by atoms with van der Waals surface area (Å²) in [4.78, 5) is 2.36. The molecular formula is C17H30N2. The fraction of sp³-hybridized carbons (Fsp3) is 0.647. The molecule has 0 amide bonds. The van der Waals surface area contributed by atoms with Gasteiger partial charge in [0.25, 0.3) is 0 Å². The zero-order valence-electron chi connectivity index (χ0n) is 13.1. The Labute approximate surface area is 119 Å². The first-order valence-electron chi connectivity index (χ1n) is 7.67. The Hall–Kier alpha value is -1.02. The van der Waals surface area contributed by atoms with Crippen LogP contribution >= 0.6 is 0 Å². The lowest BCUT2D eigenvalue weighted by molar-refractivity contribution is 0.548. The van der Waals surface area contributed by atoms with Crippen LogP contribution in [0.1, 0.15) is 45.6 Å². The van der Waals surface area contributed by atoms with E-state index < -0.39 is 0 Å². The summed E-state index contributed by atoms with van der Waals surface area (Å²) in [6, 6.07) is 9.55. The second-order valence-corrected chi connectivity index (χ2v) is 5.61. The van der Waals surface area contributed by atoms with Gasteiger partial charge in [-0.25, -0.2) is 0 Å². The van der Waals surface area contributed by atoms with Crippen LogP contribution in [-0.2, 0) is 6.42 Å². The third kappa shape index (κ3) is 6.63. The second-order valence-electron chi connectivity index (χ2n) is 5.61. The Morgan fingerprint density at radius 2 is 1.74 bits per heavy atom. The largest absolute Gasteiger partial charge is 0.375 e. The van der Waals surface area contributed by atoms with Crippen molar-refractivity contribution < 1.29 is 0 Å². The molecule has 0 aromatic heterocycles. The van der Waals surface area contributed by atoms with Crippen molar-refractivity contribution in [2.45, 2.75) is 52.5 Å². The number of hydrogen-bond donors (Lipinski definition) is 1. The predicted octanol–water partition coefficient (Wildman–Crippen LogP) is 3.85. The van der Waals surface area contributed by atoms with Crippen molar-refractivity contribution in [3.8, 4) is 0 Å². The Kier molecular flexibility index (Phi) is 7.57. The van der Waals surface area contributed by atoms with E-state index in [4.69, 9.17) is 0 Å². The summed E-state index contributed by atoms with van der Waals surface area (Å²) in [5.74, 6) is 0. The van der Waals surface area contributed by atoms with Gasteiger partial charge in [-0.2, -0.15) is 0 Å². The summed E-state index contributed by atoms with van der Waals surface area (Å²) >= 11 is 0. The first-order chi connectivity index (χ1) is 9.13. The van der Waals surface area contributed by atoms with Gasteiger partial charge >= 0.3 is 0 Å². The minimum absolute atomic E-state index is 0.611. The number of anilines is 1. The Balaban J connectivity index is 2.17. The molecule has 1 rings (SSSR count). The molecule has 0 bridgehead atoms. The van der Waals surface area contributed by atoms with Crippen molar-refractivity contribution in [1.29, 1.82) is 0 Å². The average molecular weight is 262 g/mol. The summed E-state index contributed by atoms with van der Waals surface area (Å²) in [5, 5.41) is 3.46. The van der Waals surface area contributed by atoms with Gasteiger partial charge in [0.1, 0.15) is 0 Å². The molecule has 2 heteroatoms. The van der Waals surface area contributed by atoms with Crippen molar-refractivity contribution >= 4 is 5.69 Å². The Bertz CT molecular complexity index is 330. The lowest BCUT2D eigenvalue weighted by Gasteiger charge is -2.19. The van der Waals surface area contributed by atoms with E-state index in [2.05, 4.69) is 62.3 Å². The van der Waals surface area contributed by atoms with E-state index in [9.17, 15) is 0 Å². The second kappa shape index (κ2) is 8.98. The number of rotatable bonds is 9. The molecule has 0 saturated carbocycles. The minimum Gasteiger partial charge on any atom is -0.375 e. The van der Waals surface area contributed by atoms with Crippen LogP contribution in [0.5, 0.6) is 0 Å². The predicted molar refractivity (Wildman–Crippen MR) is 86.1 cm³/mol. The zero-order chi connectivity index (χ0) is 14.1. The van der Waals surface area contributed by atoms with Crippen LogP contribution in [-0.4, -0.2) is 26.2 Å². The van der Waals surface area contributed by atoms with Crippen LogP contribution in [0.2, 0.25) is 0 Å². The normalized spacial score (nSPS) is 11.0. The number of nitrogens with zero attached hydrogens (tertiary/aromatic N) is 1. The molecule has 2 nitrogen and oxygen atoms in total. The number of aryl methyl sites for hydroxylation is 1. The molecule has 1 N–H and O–H groups in total. The fourth-order valence-corrected chi connectivity index (χ4v) is 2.16. The molecule has 19 heavy (non-hydrogen) atoms. The van der Waals surface area contributed by atoms with Gasteiger partial charge in [-0.15, -0.1) is 0 Å². The van der Waals surface area contributed by atoms with Crippen molar-refractivity contribution in [1.82, 2.24) is 5.32 Å². The van der Waals surface area contributed by atoms with Crippen molar-refractivity contribution in [2.75, 3.05) is 25.0 Å². The fourth-order valence-electron chi connectivity index (χ4n) is 2.16. The van der Waals surface area contributed by atoms with Crippen LogP contribution in [0.3, 0.4) is 0 Å². The highest BCUT2D eigenvalue weighted by Crippen LogP contribution is 2.14. The van der Waals surface area contributed by atoms with E-state index in [0.717, 1.165) is 19.5 Å². The van der Waals surface area contributed by atoms with Gasteiger partial charge in [0.15, 0.2) is 0 Å². The van der Waals surface area contributed by atoms with Crippen molar-refractivity contribution in [3.05, 3.63) is 29.8 Å². The smallest absolute Gasteiger partial charge is 0.0363 e. The van der Waals surface area contributed by atoms with Crippen molar-refractivity contribution in [2.24, 2.45) is 0 Å². The van der Waals surface area contributed by atoms with Crippen LogP contribution in [0.25, 0.3) is 0 Å². The molecule has 0 aliphatic heterocycles. The highest BCUT2D eigenvalue weighted by molar-refractivity contribution is 5.46. The maximum Gasteiger partial charge on any atom is 0.0363 e. The first kappa shape index (κ1) is 16.0. The molecule has 0 spiro atoms. The summed E-state index contributed by atoms with van der Waals surface area (Å²) in [5.41, 5.74) is 2.74. The van der Waals surface area contributed by atoms with Gasteiger partial charge in [0, 0.05) is 25.3 Å². The maximum absolute atomic E-state index is 3.46. The first-order valence-corrected chi connectivity index (χ1v) is 7.67. The van der Waals surface area contributed by atoms with Gasteiger partial charge in [-0.05, 0) is 43.5 Å². The Morgan fingerprint density at radius 1 is 1.05 bits per heavy atom. The molecular weight excluding hydrogens is 232 g/mol. The molecule has 0 atom stereocenters. The third-order valence-electron chi connectivity index (χ3n) is 3.51. The van der Waals surface area contributed by atoms with Crippen LogP contribution < -0.4 is 10.2 Å². The minimum atomic E-state index is 0.611. The molecule has 0 radical (unpaired) electrons.